The molecule has 4 N–H and O–H groups in total. The summed E-state index contributed by atoms with van der Waals surface area (Å²) < 4.78 is 15.7. The van der Waals surface area contributed by atoms with Crippen molar-refractivity contribution in [2.75, 3.05) is 11.1 Å². The van der Waals surface area contributed by atoms with Crippen molar-refractivity contribution in [2.45, 2.75) is 39.2 Å². The minimum atomic E-state index is -1.06. The van der Waals surface area contributed by atoms with E-state index in [9.17, 15) is 19.1 Å². The largest absolute Gasteiger partial charge is 0.382 e. The first-order valence-electron chi connectivity index (χ1n) is 9.02. The average molecular weight is 401 g/mol. The quantitative estimate of drug-likeness (QED) is 0.579. The van der Waals surface area contributed by atoms with Crippen molar-refractivity contribution in [1.82, 2.24) is 24.1 Å². The molecule has 0 radical (unpaired) electrons. The van der Waals surface area contributed by atoms with E-state index in [-0.39, 0.29) is 42.0 Å². The van der Waals surface area contributed by atoms with Crippen LogP contribution in [0, 0.1) is 5.82 Å². The van der Waals surface area contributed by atoms with Crippen LogP contribution < -0.4 is 16.6 Å². The minimum absolute atomic E-state index is 0.0279. The Morgan fingerprint density at radius 1 is 1.45 bits per heavy atom. The van der Waals surface area contributed by atoms with E-state index in [1.165, 1.54) is 22.8 Å². The zero-order chi connectivity index (χ0) is 20.9. The highest BCUT2D eigenvalue weighted by Gasteiger charge is 2.36. The third kappa shape index (κ3) is 3.23. The molecule has 0 fully saturated rings. The molecule has 1 aliphatic heterocycles. The number of fused-ring (bicyclic) bond motifs is 2. The molecule has 4 rings (SSSR count). The number of aromatic nitrogens is 4. The Hall–Kier alpha value is -3.31. The summed E-state index contributed by atoms with van der Waals surface area (Å²) in [4.78, 5) is 31.0. The van der Waals surface area contributed by atoms with Gasteiger partial charge < -0.3 is 20.7 Å². The smallest absolute Gasteiger partial charge is 0.279 e. The summed E-state index contributed by atoms with van der Waals surface area (Å²) in [6.45, 7) is 3.81. The van der Waals surface area contributed by atoms with Gasteiger partial charge in [-0.3, -0.25) is 14.5 Å². The van der Waals surface area contributed by atoms with Crippen molar-refractivity contribution in [2.24, 2.45) is 0 Å². The lowest BCUT2D eigenvalue weighted by Gasteiger charge is -2.25. The third-order valence-electron chi connectivity index (χ3n) is 4.90. The number of amides is 1. The van der Waals surface area contributed by atoms with Crippen LogP contribution in [0.3, 0.4) is 0 Å². The lowest BCUT2D eigenvalue weighted by atomic mass is 10.2. The predicted molar refractivity (Wildman–Crippen MR) is 102 cm³/mol. The first-order valence-corrected chi connectivity index (χ1v) is 9.02. The topological polar surface area (TPSA) is 131 Å². The molecule has 1 unspecified atom stereocenters. The number of rotatable bonds is 4. The second-order valence-electron chi connectivity index (χ2n) is 7.14. The number of aliphatic hydroxyl groups excluding tert-OH is 1. The number of nitrogens with two attached hydrogens (primary N) is 1. The summed E-state index contributed by atoms with van der Waals surface area (Å²) in [5.41, 5.74) is 6.36. The van der Waals surface area contributed by atoms with Gasteiger partial charge in [-0.1, -0.05) is 0 Å². The van der Waals surface area contributed by atoms with E-state index in [1.807, 2.05) is 13.8 Å². The van der Waals surface area contributed by atoms with Gasteiger partial charge in [0, 0.05) is 18.7 Å². The summed E-state index contributed by atoms with van der Waals surface area (Å²) in [7, 11) is 0. The number of carbonyl (C=O) groups excluding carboxylic acids is 1. The SMILES string of the molecule is CC(C)N1Cc2c(n(CC(=O)Nc3ccc(F)cn3)c3cc(N)nn3c2=O)C1O. The van der Waals surface area contributed by atoms with Crippen LogP contribution in [0.2, 0.25) is 0 Å². The molecular weight excluding hydrogens is 381 g/mol. The van der Waals surface area contributed by atoms with Crippen molar-refractivity contribution < 1.29 is 14.3 Å². The number of carbonyl (C=O) groups is 1. The molecule has 1 amide bonds. The molecule has 29 heavy (non-hydrogen) atoms. The van der Waals surface area contributed by atoms with Crippen LogP contribution in [0.1, 0.15) is 31.3 Å². The summed E-state index contributed by atoms with van der Waals surface area (Å²) >= 11 is 0. The lowest BCUT2D eigenvalue weighted by Crippen LogP contribution is -2.30. The Kier molecular flexibility index (Phi) is 4.55. The monoisotopic (exact) mass is 401 g/mol. The van der Waals surface area contributed by atoms with Gasteiger partial charge in [0.1, 0.15) is 35.9 Å². The Morgan fingerprint density at radius 2 is 2.21 bits per heavy atom. The standard InChI is InChI=1S/C18H20FN7O3/c1-9(2)24-7-11-16(18(24)29)25(15-5-12(20)23-26(15)17(11)28)8-14(27)22-13-4-3-10(19)6-21-13/h3-6,9,18,29H,7-8H2,1-2H3,(H2,20,23)(H,21,22,27). The maximum Gasteiger partial charge on any atom is 0.279 e. The Morgan fingerprint density at radius 3 is 2.86 bits per heavy atom. The van der Waals surface area contributed by atoms with Gasteiger partial charge in [-0.15, -0.1) is 5.10 Å². The van der Waals surface area contributed by atoms with E-state index >= 15 is 0 Å². The second-order valence-corrected chi connectivity index (χ2v) is 7.14. The summed E-state index contributed by atoms with van der Waals surface area (Å²) in [5, 5.41) is 17.4. The normalized spacial score (nSPS) is 16.5. The molecule has 152 valence electrons. The fourth-order valence-electron chi connectivity index (χ4n) is 3.53. The zero-order valence-corrected chi connectivity index (χ0v) is 15.8. The van der Waals surface area contributed by atoms with Gasteiger partial charge in [-0.25, -0.2) is 9.37 Å². The molecule has 0 saturated heterocycles. The van der Waals surface area contributed by atoms with Crippen molar-refractivity contribution >= 4 is 23.2 Å². The third-order valence-corrected chi connectivity index (χ3v) is 4.90. The molecule has 3 aromatic heterocycles. The molecule has 4 heterocycles. The van der Waals surface area contributed by atoms with Crippen LogP contribution in [-0.4, -0.2) is 41.1 Å². The maximum absolute atomic E-state index is 13.0. The zero-order valence-electron chi connectivity index (χ0n) is 15.8. The summed E-state index contributed by atoms with van der Waals surface area (Å²) in [5.74, 6) is -0.681. The lowest BCUT2D eigenvalue weighted by molar-refractivity contribution is -0.116. The molecule has 10 nitrogen and oxygen atoms in total. The fraction of sp³-hybridized carbons (Fsp3) is 0.333. The van der Waals surface area contributed by atoms with Crippen LogP contribution in [0.5, 0.6) is 0 Å². The van der Waals surface area contributed by atoms with Gasteiger partial charge in [0.2, 0.25) is 5.91 Å². The van der Waals surface area contributed by atoms with Crippen molar-refractivity contribution in [3.63, 3.8) is 0 Å². The van der Waals surface area contributed by atoms with Crippen LogP contribution in [-0.2, 0) is 17.9 Å². The first-order chi connectivity index (χ1) is 13.8. The predicted octanol–water partition coefficient (Wildman–Crippen LogP) is 0.466. The van der Waals surface area contributed by atoms with E-state index in [4.69, 9.17) is 5.73 Å². The van der Waals surface area contributed by atoms with Crippen LogP contribution >= 0.6 is 0 Å². The summed E-state index contributed by atoms with van der Waals surface area (Å²) in [6, 6.07) is 3.96. The number of nitrogen functional groups attached to an aromatic ring is 1. The van der Waals surface area contributed by atoms with Gasteiger partial charge in [0.25, 0.3) is 5.56 Å². The number of hydrogen-bond donors (Lipinski definition) is 3. The molecule has 0 spiro atoms. The van der Waals surface area contributed by atoms with Gasteiger partial charge >= 0.3 is 0 Å². The highest BCUT2D eigenvalue weighted by Crippen LogP contribution is 2.32. The van der Waals surface area contributed by atoms with E-state index in [2.05, 4.69) is 15.4 Å². The Bertz CT molecular complexity index is 1150. The van der Waals surface area contributed by atoms with Crippen molar-refractivity contribution in [3.05, 3.63) is 51.8 Å². The maximum atomic E-state index is 13.0. The molecule has 0 saturated carbocycles. The molecule has 0 bridgehead atoms. The Labute approximate surface area is 164 Å². The van der Waals surface area contributed by atoms with E-state index in [0.29, 0.717) is 11.3 Å². The number of halogens is 1. The summed E-state index contributed by atoms with van der Waals surface area (Å²) in [6.07, 6.45) is -0.0668. The van der Waals surface area contributed by atoms with Gasteiger partial charge in [0.15, 0.2) is 0 Å². The van der Waals surface area contributed by atoms with Gasteiger partial charge in [0.05, 0.1) is 17.5 Å². The van der Waals surface area contributed by atoms with Crippen molar-refractivity contribution in [1.29, 1.82) is 0 Å². The first kappa shape index (κ1) is 19.0. The molecule has 0 aromatic carbocycles. The minimum Gasteiger partial charge on any atom is -0.382 e. The molecule has 0 aliphatic carbocycles. The van der Waals surface area contributed by atoms with Crippen molar-refractivity contribution in [3.8, 4) is 0 Å². The molecule has 1 atom stereocenters. The number of nitrogens with one attached hydrogen (secondary N) is 1. The van der Waals surface area contributed by atoms with Crippen LogP contribution in [0.15, 0.2) is 29.2 Å². The molecular formula is C18H20FN7O3. The number of anilines is 2. The number of hydrogen-bond acceptors (Lipinski definition) is 7. The molecule has 1 aliphatic rings. The van der Waals surface area contributed by atoms with E-state index in [0.717, 1.165) is 10.7 Å². The van der Waals surface area contributed by atoms with E-state index in [1.54, 1.807) is 4.90 Å². The Balaban J connectivity index is 1.77. The number of nitrogens with zero attached hydrogens (tertiary/aromatic N) is 5. The van der Waals surface area contributed by atoms with Gasteiger partial charge in [-0.2, -0.15) is 4.52 Å². The highest BCUT2D eigenvalue weighted by molar-refractivity contribution is 5.90. The number of aliphatic hydroxyl groups is 1. The van der Waals surface area contributed by atoms with Gasteiger partial charge in [-0.05, 0) is 26.0 Å². The van der Waals surface area contributed by atoms with E-state index < -0.39 is 18.0 Å². The highest BCUT2D eigenvalue weighted by atomic mass is 19.1. The second kappa shape index (κ2) is 6.94. The van der Waals surface area contributed by atoms with Crippen LogP contribution in [0.4, 0.5) is 16.0 Å². The average Bonchev–Trinajstić information content (AvgIpc) is 3.21. The fourth-order valence-corrected chi connectivity index (χ4v) is 3.53. The van der Waals surface area contributed by atoms with Crippen LogP contribution in [0.25, 0.3) is 5.65 Å². The molecule has 11 heteroatoms. The molecule has 3 aromatic rings. The number of pyridine rings is 1.